The summed E-state index contributed by atoms with van der Waals surface area (Å²) < 4.78 is 5.13. The zero-order chi connectivity index (χ0) is 16.4. The smallest absolute Gasteiger partial charge is 1.00 e. The molecular formula is C18H34Cl2NOSiZr. The number of rotatable bonds is 11. The van der Waals surface area contributed by atoms with Gasteiger partial charge >= 0.3 is 147 Å². The Morgan fingerprint density at radius 3 is 2.21 bits per heavy atom. The standard InChI is InChI=1S/C10H21NO.C6H7.C2H7Si.2ClH.Zr/c1-2-3-4-5-6-7-8-9-10(11)12;1-6-4-2-3-5-6;1-3-2;;;/h2-9H2,1H3,(H2,11,12);4-5H,2H2,1H3;3H,1-2H3;2*1H;/q;;;;;+3/p-3. The van der Waals surface area contributed by atoms with Gasteiger partial charge in [0.05, 0.1) is 0 Å². The second-order valence-corrected chi connectivity index (χ2v) is 25.3. The van der Waals surface area contributed by atoms with E-state index in [1.807, 2.05) is 0 Å². The van der Waals surface area contributed by atoms with Crippen LogP contribution in [0.1, 0.15) is 71.6 Å². The molecule has 24 heavy (non-hydrogen) atoms. The van der Waals surface area contributed by atoms with Crippen LogP contribution < -0.4 is 28.1 Å². The molecule has 0 unspecified atom stereocenters. The van der Waals surface area contributed by atoms with Gasteiger partial charge in [0, 0.05) is 0 Å². The maximum absolute atomic E-state index is 12.2. The first-order valence-electron chi connectivity index (χ1n) is 9.09. The molecule has 0 aromatic rings. The van der Waals surface area contributed by atoms with Crippen molar-refractivity contribution in [2.75, 3.05) is 0 Å². The Bertz CT molecular complexity index is 414. The Hall–Kier alpha value is 0.630. The molecule has 0 aromatic carbocycles. The summed E-state index contributed by atoms with van der Waals surface area (Å²) in [5.41, 5.74) is 1.39. The minimum absolute atomic E-state index is 0. The SMILES string of the molecule is CCCCCCCCCC(=O)[NH][Zr+2]([C]1=CC(C)=CC1)[SiH](C)C.[Cl-].[Cl-]. The number of halogens is 2. The minimum atomic E-state index is -1.81. The maximum atomic E-state index is 12.2. The molecule has 0 atom stereocenters. The van der Waals surface area contributed by atoms with Gasteiger partial charge in [0.2, 0.25) is 0 Å². The zero-order valence-electron chi connectivity index (χ0n) is 15.8. The van der Waals surface area contributed by atoms with Crippen LogP contribution in [0.3, 0.4) is 0 Å². The van der Waals surface area contributed by atoms with Gasteiger partial charge < -0.3 is 24.8 Å². The Kier molecular flexibility index (Phi) is 17.7. The van der Waals surface area contributed by atoms with Crippen molar-refractivity contribution in [1.29, 1.82) is 0 Å². The normalized spacial score (nSPS) is 12.9. The van der Waals surface area contributed by atoms with Gasteiger partial charge in [0.25, 0.3) is 0 Å². The first kappa shape index (κ1) is 26.9. The van der Waals surface area contributed by atoms with Crippen LogP contribution in [-0.2, 0) is 26.0 Å². The molecule has 0 radical (unpaired) electrons. The zero-order valence-corrected chi connectivity index (χ0v) is 20.9. The van der Waals surface area contributed by atoms with Crippen molar-refractivity contribution in [2.24, 2.45) is 0 Å². The van der Waals surface area contributed by atoms with Crippen molar-refractivity contribution in [3.63, 3.8) is 0 Å². The Labute approximate surface area is 170 Å². The molecular weight excluding hydrogens is 436 g/mol. The number of nitrogens with one attached hydrogen (secondary N) is 1. The number of amides is 1. The van der Waals surface area contributed by atoms with Gasteiger partial charge in [-0.25, -0.2) is 0 Å². The van der Waals surface area contributed by atoms with E-state index in [9.17, 15) is 4.79 Å². The van der Waals surface area contributed by atoms with Crippen LogP contribution in [-0.4, -0.2) is 11.8 Å². The molecule has 6 heteroatoms. The fraction of sp³-hybridized carbons (Fsp3) is 0.722. The van der Waals surface area contributed by atoms with Crippen molar-refractivity contribution < 1.29 is 50.8 Å². The summed E-state index contributed by atoms with van der Waals surface area (Å²) >= 11 is -1.81. The predicted molar refractivity (Wildman–Crippen MR) is 96.1 cm³/mol. The quantitative estimate of drug-likeness (QED) is 0.305. The fourth-order valence-corrected chi connectivity index (χ4v) is 16.8. The van der Waals surface area contributed by atoms with Gasteiger partial charge in [-0.3, -0.25) is 0 Å². The van der Waals surface area contributed by atoms with Gasteiger partial charge in [0.15, 0.2) is 0 Å². The van der Waals surface area contributed by atoms with E-state index < -0.39 is 27.1 Å². The summed E-state index contributed by atoms with van der Waals surface area (Å²) in [6.07, 6.45) is 15.5. The van der Waals surface area contributed by atoms with E-state index in [0.29, 0.717) is 5.91 Å². The van der Waals surface area contributed by atoms with Crippen LogP contribution >= 0.6 is 0 Å². The van der Waals surface area contributed by atoms with E-state index >= 15 is 0 Å². The van der Waals surface area contributed by atoms with Crippen LogP contribution in [0.25, 0.3) is 0 Å². The third-order valence-electron chi connectivity index (χ3n) is 4.25. The second-order valence-electron chi connectivity index (χ2n) is 6.81. The Morgan fingerprint density at radius 1 is 1.12 bits per heavy atom. The van der Waals surface area contributed by atoms with Crippen LogP contribution in [0.4, 0.5) is 0 Å². The summed E-state index contributed by atoms with van der Waals surface area (Å²) in [5, 5.41) is 0. The molecule has 1 aliphatic carbocycles. The fourth-order valence-electron chi connectivity index (χ4n) is 2.90. The van der Waals surface area contributed by atoms with Gasteiger partial charge in [0.1, 0.15) is 0 Å². The third kappa shape index (κ3) is 11.3. The summed E-state index contributed by atoms with van der Waals surface area (Å²) in [7, 11) is 0. The Balaban J connectivity index is 0. The average molecular weight is 471 g/mol. The summed E-state index contributed by atoms with van der Waals surface area (Å²) in [6.45, 7) is 9.26. The maximum Gasteiger partial charge on any atom is -1.00 e. The molecule has 0 spiro atoms. The number of hydrogen-bond donors (Lipinski definition) is 1. The van der Waals surface area contributed by atoms with Gasteiger partial charge in [-0.05, 0) is 0 Å². The predicted octanol–water partition coefficient (Wildman–Crippen LogP) is -0.998. The first-order chi connectivity index (χ1) is 10.5. The molecule has 1 aliphatic rings. The van der Waals surface area contributed by atoms with Crippen molar-refractivity contribution in [3.8, 4) is 0 Å². The van der Waals surface area contributed by atoms with Crippen LogP contribution in [0.15, 0.2) is 21.0 Å². The van der Waals surface area contributed by atoms with E-state index in [4.69, 9.17) is 0 Å². The van der Waals surface area contributed by atoms with E-state index in [-0.39, 0.29) is 24.8 Å². The van der Waals surface area contributed by atoms with E-state index in [2.05, 4.69) is 42.4 Å². The number of hydrogen-bond acceptors (Lipinski definition) is 1. The van der Waals surface area contributed by atoms with Crippen LogP contribution in [0, 0.1) is 0 Å². The van der Waals surface area contributed by atoms with Crippen molar-refractivity contribution in [2.45, 2.75) is 84.7 Å². The molecule has 0 fully saturated rings. The molecule has 139 valence electrons. The molecule has 0 aliphatic heterocycles. The number of carbonyl (C=O) groups is 1. The number of allylic oxidation sites excluding steroid dienone is 4. The molecule has 0 bridgehead atoms. The summed E-state index contributed by atoms with van der Waals surface area (Å²) in [5.74, 6) is -0.377. The molecule has 0 saturated carbocycles. The second kappa shape index (κ2) is 15.9. The summed E-state index contributed by atoms with van der Waals surface area (Å²) in [4.78, 5) is 12.2. The van der Waals surface area contributed by atoms with E-state index in [1.165, 1.54) is 44.1 Å². The topological polar surface area (TPSA) is 29.1 Å². The van der Waals surface area contributed by atoms with Crippen LogP contribution in [0.5, 0.6) is 0 Å². The largest absolute Gasteiger partial charge is 1.00 e. The number of carbonyl (C=O) groups excluding carboxylic acids is 1. The molecule has 0 aromatic heterocycles. The minimum Gasteiger partial charge on any atom is -1.00 e. The molecule has 0 saturated heterocycles. The van der Waals surface area contributed by atoms with Gasteiger partial charge in [-0.15, -0.1) is 0 Å². The van der Waals surface area contributed by atoms with Gasteiger partial charge in [-0.1, -0.05) is 0 Å². The van der Waals surface area contributed by atoms with Crippen LogP contribution in [0.2, 0.25) is 13.1 Å². The van der Waals surface area contributed by atoms with Gasteiger partial charge in [-0.2, -0.15) is 0 Å². The third-order valence-corrected chi connectivity index (χ3v) is 20.9. The molecule has 1 rings (SSSR count). The number of unbranched alkanes of at least 4 members (excludes halogenated alkanes) is 6. The first-order valence-corrected chi connectivity index (χ1v) is 18.7. The Morgan fingerprint density at radius 2 is 1.71 bits per heavy atom. The van der Waals surface area contributed by atoms with Crippen molar-refractivity contribution in [3.05, 3.63) is 21.0 Å². The monoisotopic (exact) mass is 468 g/mol. The molecule has 1 amide bonds. The molecule has 1 N–H and O–H groups in total. The molecule has 2 nitrogen and oxygen atoms in total. The molecule has 0 heterocycles. The van der Waals surface area contributed by atoms with E-state index in [0.717, 1.165) is 19.3 Å². The van der Waals surface area contributed by atoms with Crippen molar-refractivity contribution in [1.82, 2.24) is 3.26 Å². The van der Waals surface area contributed by atoms with Crippen molar-refractivity contribution >= 4 is 11.8 Å². The summed E-state index contributed by atoms with van der Waals surface area (Å²) in [6, 6.07) is 0. The van der Waals surface area contributed by atoms with E-state index in [1.54, 1.807) is 3.28 Å². The average Bonchev–Trinajstić information content (AvgIpc) is 2.89.